The van der Waals surface area contributed by atoms with Crippen LogP contribution in [0.1, 0.15) is 19.4 Å². The number of rotatable bonds is 6. The summed E-state index contributed by atoms with van der Waals surface area (Å²) < 4.78 is 5.40. The summed E-state index contributed by atoms with van der Waals surface area (Å²) in [5.74, 6) is 1.25. The number of hydrogen-bond acceptors (Lipinski definition) is 7. The number of hydrogen-bond donors (Lipinski definition) is 3. The average molecular weight is 467 g/mol. The third kappa shape index (κ3) is 4.75. The normalized spacial score (nSPS) is 22.1. The van der Waals surface area contributed by atoms with Crippen molar-refractivity contribution in [2.24, 2.45) is 10.9 Å². The molecule has 9 heteroatoms. The van der Waals surface area contributed by atoms with Gasteiger partial charge >= 0.3 is 0 Å². The molecule has 0 aliphatic carbocycles. The number of amidine groups is 2. The number of nitrogens with one attached hydrogen (secondary N) is 3. The number of carbonyl (C=O) groups is 1. The maximum atomic E-state index is 13.2. The van der Waals surface area contributed by atoms with Crippen molar-refractivity contribution in [3.63, 3.8) is 0 Å². The summed E-state index contributed by atoms with van der Waals surface area (Å²) in [4.78, 5) is 21.7. The number of benzene rings is 2. The van der Waals surface area contributed by atoms with E-state index >= 15 is 0 Å². The van der Waals surface area contributed by atoms with E-state index in [4.69, 9.17) is 15.1 Å². The topological polar surface area (TPSA) is 93.1 Å². The van der Waals surface area contributed by atoms with Crippen LogP contribution in [0.3, 0.4) is 0 Å². The van der Waals surface area contributed by atoms with Crippen LogP contribution in [0.5, 0.6) is 5.75 Å². The van der Waals surface area contributed by atoms with Gasteiger partial charge in [-0.15, -0.1) is 0 Å². The van der Waals surface area contributed by atoms with Gasteiger partial charge in [0.15, 0.2) is 5.17 Å². The van der Waals surface area contributed by atoms with Crippen molar-refractivity contribution < 1.29 is 9.53 Å². The number of hydrazine groups is 1. The fourth-order valence-electron chi connectivity index (χ4n) is 4.20. The van der Waals surface area contributed by atoms with Crippen molar-refractivity contribution in [3.05, 3.63) is 54.1 Å². The van der Waals surface area contributed by atoms with Crippen LogP contribution in [0.4, 0.5) is 11.4 Å². The number of fused-ring (bicyclic) bond motifs is 1. The maximum absolute atomic E-state index is 13.2. The number of thioether (sulfide) groups is 1. The number of aryl methyl sites for hydroxylation is 1. The molecule has 3 N–H and O–H groups in total. The van der Waals surface area contributed by atoms with E-state index < -0.39 is 0 Å². The Balaban J connectivity index is 1.60. The van der Waals surface area contributed by atoms with Crippen molar-refractivity contribution in [3.8, 4) is 5.75 Å². The second-order valence-electron chi connectivity index (χ2n) is 8.15. The number of anilines is 2. The van der Waals surface area contributed by atoms with Gasteiger partial charge in [0.05, 0.1) is 24.5 Å². The van der Waals surface area contributed by atoms with Gasteiger partial charge in [0, 0.05) is 24.3 Å². The number of amides is 1. The van der Waals surface area contributed by atoms with Gasteiger partial charge in [-0.25, -0.2) is 10.4 Å². The molecule has 0 radical (unpaired) electrons. The highest BCUT2D eigenvalue weighted by atomic mass is 32.2. The summed E-state index contributed by atoms with van der Waals surface area (Å²) in [6.45, 7) is 6.61. The Morgan fingerprint density at radius 1 is 1.24 bits per heavy atom. The van der Waals surface area contributed by atoms with Crippen molar-refractivity contribution in [1.82, 2.24) is 10.9 Å². The summed E-state index contributed by atoms with van der Waals surface area (Å²) in [6.07, 6.45) is -0.244. The van der Waals surface area contributed by atoms with Gasteiger partial charge in [-0.3, -0.25) is 20.5 Å². The fraction of sp³-hybridized carbons (Fsp3) is 0.375. The Hall–Kier alpha value is -2.88. The molecule has 3 atom stereocenters. The van der Waals surface area contributed by atoms with Crippen molar-refractivity contribution in [2.75, 3.05) is 29.2 Å². The SMILES string of the molecule is CCN(C(=O)CSC1=NC2NNC(C)C2C(=N)N1c1cccc(OC)c1)c1cccc(C)c1. The summed E-state index contributed by atoms with van der Waals surface area (Å²) in [7, 11) is 1.62. The molecule has 2 heterocycles. The molecule has 0 saturated carbocycles. The standard InChI is InChI=1S/C24H30N6O2S/c1-5-29(17-9-6-8-15(2)12-17)20(31)14-33-24-26-23-21(16(3)27-28-23)22(25)30(24)18-10-7-11-19(13-18)32-4/h6-13,16,21,23,25,27-28H,5,14H2,1-4H3. The van der Waals surface area contributed by atoms with E-state index in [1.54, 1.807) is 12.0 Å². The predicted octanol–water partition coefficient (Wildman–Crippen LogP) is 3.38. The van der Waals surface area contributed by atoms with E-state index in [1.807, 2.05) is 74.2 Å². The summed E-state index contributed by atoms with van der Waals surface area (Å²) in [6, 6.07) is 15.6. The highest BCUT2D eigenvalue weighted by Crippen LogP contribution is 2.33. The van der Waals surface area contributed by atoms with E-state index in [9.17, 15) is 4.79 Å². The van der Waals surface area contributed by atoms with Crippen LogP contribution in [-0.2, 0) is 4.79 Å². The lowest BCUT2D eigenvalue weighted by Crippen LogP contribution is -2.50. The zero-order chi connectivity index (χ0) is 23.5. The van der Waals surface area contributed by atoms with Gasteiger partial charge in [0.1, 0.15) is 17.8 Å². The lowest BCUT2D eigenvalue weighted by Gasteiger charge is -2.36. The van der Waals surface area contributed by atoms with Gasteiger partial charge in [-0.2, -0.15) is 0 Å². The molecule has 2 aliphatic rings. The van der Waals surface area contributed by atoms with Crippen LogP contribution < -0.4 is 25.4 Å². The molecule has 174 valence electrons. The second kappa shape index (κ2) is 9.94. The molecule has 3 unspecified atom stereocenters. The maximum Gasteiger partial charge on any atom is 0.237 e. The Bertz CT molecular complexity index is 1070. The number of carbonyl (C=O) groups excluding carboxylic acids is 1. The molecule has 2 aliphatic heterocycles. The minimum Gasteiger partial charge on any atom is -0.497 e. The zero-order valence-corrected chi connectivity index (χ0v) is 20.1. The number of aliphatic imine (C=N–C) groups is 1. The molecule has 1 saturated heterocycles. The molecule has 2 aromatic carbocycles. The van der Waals surface area contributed by atoms with E-state index in [-0.39, 0.29) is 29.8 Å². The molecule has 33 heavy (non-hydrogen) atoms. The molecule has 0 bridgehead atoms. The Kier molecular flexibility index (Phi) is 7.02. The minimum atomic E-state index is -0.244. The number of nitrogens with zero attached hydrogens (tertiary/aromatic N) is 3. The molecule has 4 rings (SSSR count). The minimum absolute atomic E-state index is 0.000852. The van der Waals surface area contributed by atoms with Gasteiger partial charge in [-0.05, 0) is 50.6 Å². The largest absolute Gasteiger partial charge is 0.497 e. The monoisotopic (exact) mass is 466 g/mol. The smallest absolute Gasteiger partial charge is 0.237 e. The second-order valence-corrected chi connectivity index (χ2v) is 9.09. The van der Waals surface area contributed by atoms with Crippen LogP contribution in [0.25, 0.3) is 0 Å². The Morgan fingerprint density at radius 2 is 2.03 bits per heavy atom. The average Bonchev–Trinajstić information content (AvgIpc) is 3.19. The van der Waals surface area contributed by atoms with Crippen LogP contribution in [0.2, 0.25) is 0 Å². The van der Waals surface area contributed by atoms with Crippen LogP contribution in [-0.4, -0.2) is 48.5 Å². The molecule has 2 aromatic rings. The van der Waals surface area contributed by atoms with Crippen molar-refractivity contribution in [2.45, 2.75) is 33.0 Å². The van der Waals surface area contributed by atoms with Crippen molar-refractivity contribution in [1.29, 1.82) is 5.41 Å². The van der Waals surface area contributed by atoms with Crippen molar-refractivity contribution >= 4 is 40.0 Å². The first-order valence-corrected chi connectivity index (χ1v) is 12.0. The molecule has 1 amide bonds. The first-order valence-electron chi connectivity index (χ1n) is 11.0. The van der Waals surface area contributed by atoms with E-state index in [0.717, 1.165) is 16.9 Å². The number of methoxy groups -OCH3 is 1. The third-order valence-electron chi connectivity index (χ3n) is 5.90. The predicted molar refractivity (Wildman–Crippen MR) is 135 cm³/mol. The third-order valence-corrected chi connectivity index (χ3v) is 6.84. The van der Waals surface area contributed by atoms with Crippen LogP contribution in [0, 0.1) is 18.3 Å². The summed E-state index contributed by atoms with van der Waals surface area (Å²) >= 11 is 1.35. The summed E-state index contributed by atoms with van der Waals surface area (Å²) in [5.41, 5.74) is 9.17. The molecule has 8 nitrogen and oxygen atoms in total. The lowest BCUT2D eigenvalue weighted by atomic mass is 9.97. The Morgan fingerprint density at radius 3 is 2.76 bits per heavy atom. The highest BCUT2D eigenvalue weighted by Gasteiger charge is 2.43. The first-order chi connectivity index (χ1) is 15.9. The van der Waals surface area contributed by atoms with Gasteiger partial charge < -0.3 is 9.64 Å². The van der Waals surface area contributed by atoms with E-state index in [2.05, 4.69) is 10.9 Å². The summed E-state index contributed by atoms with van der Waals surface area (Å²) in [5, 5.41) is 9.60. The van der Waals surface area contributed by atoms with Crippen LogP contribution >= 0.6 is 11.8 Å². The molecule has 0 aromatic heterocycles. The first kappa shape index (κ1) is 23.3. The molecule has 1 fully saturated rings. The zero-order valence-electron chi connectivity index (χ0n) is 19.3. The quantitative estimate of drug-likeness (QED) is 0.604. The Labute approximate surface area is 198 Å². The molecule has 0 spiro atoms. The molecular weight excluding hydrogens is 436 g/mol. The molecular formula is C24H30N6O2S. The van der Waals surface area contributed by atoms with E-state index in [0.29, 0.717) is 23.3 Å². The van der Waals surface area contributed by atoms with E-state index in [1.165, 1.54) is 11.8 Å². The lowest BCUT2D eigenvalue weighted by molar-refractivity contribution is -0.116. The highest BCUT2D eigenvalue weighted by molar-refractivity contribution is 8.14. The van der Waals surface area contributed by atoms with Gasteiger partial charge in [0.25, 0.3) is 0 Å². The van der Waals surface area contributed by atoms with Gasteiger partial charge in [-0.1, -0.05) is 30.0 Å². The fourth-order valence-corrected chi connectivity index (χ4v) is 5.13. The van der Waals surface area contributed by atoms with Gasteiger partial charge in [0.2, 0.25) is 5.91 Å². The van der Waals surface area contributed by atoms with Crippen LogP contribution in [0.15, 0.2) is 53.5 Å². The number of ether oxygens (including phenoxy) is 1.